The van der Waals surface area contributed by atoms with E-state index in [4.69, 9.17) is 10.5 Å². The average Bonchev–Trinajstić information content (AvgIpc) is 1.94. The van der Waals surface area contributed by atoms with Crippen molar-refractivity contribution in [1.82, 2.24) is 0 Å². The van der Waals surface area contributed by atoms with Crippen molar-refractivity contribution in [2.45, 2.75) is 50.0 Å². The van der Waals surface area contributed by atoms with E-state index in [0.29, 0.717) is 17.9 Å². The first kappa shape index (κ1) is 8.21. The smallest absolute Gasteiger partial charge is 0.166 e. The standard InChI is InChI=1S/C10H17NO2/c1-9-2-6-4-10(12,13-9)5-7(3-9)8(6)11/h6-8,12H,2-5,11H2,1H3/t6-,7+,8?,9?,10?. The van der Waals surface area contributed by atoms with Gasteiger partial charge in [-0.25, -0.2) is 0 Å². The van der Waals surface area contributed by atoms with E-state index in [1.54, 1.807) is 0 Å². The van der Waals surface area contributed by atoms with Gasteiger partial charge in [-0.3, -0.25) is 0 Å². The van der Waals surface area contributed by atoms with Crippen LogP contribution in [0.25, 0.3) is 0 Å². The molecule has 2 saturated carbocycles. The van der Waals surface area contributed by atoms with E-state index in [2.05, 4.69) is 6.92 Å². The van der Waals surface area contributed by atoms with E-state index < -0.39 is 5.79 Å². The molecule has 2 saturated heterocycles. The maximum absolute atomic E-state index is 10.1. The fourth-order valence-corrected chi connectivity index (χ4v) is 3.79. The zero-order valence-corrected chi connectivity index (χ0v) is 7.99. The number of aliphatic hydroxyl groups is 1. The molecule has 4 aliphatic rings. The molecule has 3 heteroatoms. The molecule has 3 unspecified atom stereocenters. The quantitative estimate of drug-likeness (QED) is 0.578. The lowest BCUT2D eigenvalue weighted by molar-refractivity contribution is -0.353. The summed E-state index contributed by atoms with van der Waals surface area (Å²) < 4.78 is 5.75. The molecule has 4 fully saturated rings. The average molecular weight is 183 g/mol. The predicted molar refractivity (Wildman–Crippen MR) is 47.9 cm³/mol. The Morgan fingerprint density at radius 2 is 1.77 bits per heavy atom. The summed E-state index contributed by atoms with van der Waals surface area (Å²) in [5.41, 5.74) is 6.03. The summed E-state index contributed by atoms with van der Waals surface area (Å²) in [4.78, 5) is 0. The summed E-state index contributed by atoms with van der Waals surface area (Å²) in [5.74, 6) is 0.128. The summed E-state index contributed by atoms with van der Waals surface area (Å²) in [5, 5.41) is 10.1. The topological polar surface area (TPSA) is 55.5 Å². The van der Waals surface area contributed by atoms with Gasteiger partial charge >= 0.3 is 0 Å². The van der Waals surface area contributed by atoms with Gasteiger partial charge in [-0.05, 0) is 31.6 Å². The van der Waals surface area contributed by atoms with Gasteiger partial charge in [0.25, 0.3) is 0 Å². The summed E-state index contributed by atoms with van der Waals surface area (Å²) >= 11 is 0. The van der Waals surface area contributed by atoms with Crippen LogP contribution in [0.4, 0.5) is 0 Å². The van der Waals surface area contributed by atoms with E-state index in [-0.39, 0.29) is 5.60 Å². The van der Waals surface area contributed by atoms with Gasteiger partial charge in [-0.2, -0.15) is 0 Å². The Morgan fingerprint density at radius 1 is 1.23 bits per heavy atom. The molecule has 0 aromatic rings. The molecule has 2 aliphatic carbocycles. The van der Waals surface area contributed by atoms with Crippen LogP contribution in [-0.2, 0) is 4.74 Å². The van der Waals surface area contributed by atoms with Gasteiger partial charge in [0.1, 0.15) is 0 Å². The highest BCUT2D eigenvalue weighted by Gasteiger charge is 2.59. The second-order valence-corrected chi connectivity index (χ2v) is 5.41. The first-order valence-corrected chi connectivity index (χ1v) is 5.18. The summed E-state index contributed by atoms with van der Waals surface area (Å²) in [6.45, 7) is 2.11. The highest BCUT2D eigenvalue weighted by atomic mass is 16.6. The zero-order chi connectivity index (χ0) is 9.27. The van der Waals surface area contributed by atoms with Crippen LogP contribution in [0.5, 0.6) is 0 Å². The van der Waals surface area contributed by atoms with E-state index in [1.165, 1.54) is 0 Å². The fraction of sp³-hybridized carbons (Fsp3) is 1.00. The monoisotopic (exact) mass is 183 g/mol. The fourth-order valence-electron chi connectivity index (χ4n) is 3.79. The maximum atomic E-state index is 10.1. The van der Waals surface area contributed by atoms with Crippen LogP contribution in [0.2, 0.25) is 0 Å². The third kappa shape index (κ3) is 1.01. The van der Waals surface area contributed by atoms with Gasteiger partial charge in [0.05, 0.1) is 5.60 Å². The molecule has 0 aromatic carbocycles. The Labute approximate surface area is 78.3 Å². The zero-order valence-electron chi connectivity index (χ0n) is 7.99. The summed E-state index contributed by atoms with van der Waals surface area (Å²) in [7, 11) is 0. The molecule has 4 bridgehead atoms. The largest absolute Gasteiger partial charge is 0.365 e. The number of rotatable bonds is 0. The molecule has 4 rings (SSSR count). The van der Waals surface area contributed by atoms with Gasteiger partial charge in [-0.15, -0.1) is 0 Å². The van der Waals surface area contributed by atoms with Crippen molar-refractivity contribution >= 4 is 0 Å². The van der Waals surface area contributed by atoms with Crippen LogP contribution in [0.3, 0.4) is 0 Å². The first-order valence-electron chi connectivity index (χ1n) is 5.18. The van der Waals surface area contributed by atoms with Crippen molar-refractivity contribution in [3.63, 3.8) is 0 Å². The second kappa shape index (κ2) is 2.10. The van der Waals surface area contributed by atoms with Crippen LogP contribution in [0.1, 0.15) is 32.6 Å². The normalized spacial score (nSPS) is 64.4. The van der Waals surface area contributed by atoms with E-state index >= 15 is 0 Å². The molecule has 3 N–H and O–H groups in total. The van der Waals surface area contributed by atoms with Crippen LogP contribution in [-0.4, -0.2) is 22.5 Å². The second-order valence-electron chi connectivity index (χ2n) is 5.41. The Balaban J connectivity index is 1.99. The summed E-state index contributed by atoms with van der Waals surface area (Å²) in [6, 6.07) is 0.303. The van der Waals surface area contributed by atoms with Crippen LogP contribution in [0, 0.1) is 11.8 Å². The molecule has 3 nitrogen and oxygen atoms in total. The molecule has 0 amide bonds. The molecular weight excluding hydrogens is 166 g/mol. The van der Waals surface area contributed by atoms with Gasteiger partial charge in [0, 0.05) is 18.9 Å². The Hall–Kier alpha value is -0.120. The third-order valence-corrected chi connectivity index (χ3v) is 4.08. The van der Waals surface area contributed by atoms with Crippen LogP contribution < -0.4 is 5.73 Å². The highest BCUT2D eigenvalue weighted by Crippen LogP contribution is 2.55. The molecule has 74 valence electrons. The molecule has 2 heterocycles. The van der Waals surface area contributed by atoms with Crippen LogP contribution >= 0.6 is 0 Å². The van der Waals surface area contributed by atoms with Crippen molar-refractivity contribution in [3.05, 3.63) is 0 Å². The molecule has 0 aromatic heterocycles. The minimum absolute atomic E-state index is 0.0869. The van der Waals surface area contributed by atoms with Gasteiger partial charge in [-0.1, -0.05) is 0 Å². The number of hydrogen-bond donors (Lipinski definition) is 2. The molecule has 0 radical (unpaired) electrons. The molecule has 13 heavy (non-hydrogen) atoms. The molecule has 0 spiro atoms. The molecule has 2 aliphatic heterocycles. The third-order valence-electron chi connectivity index (χ3n) is 4.08. The van der Waals surface area contributed by atoms with Gasteiger partial charge in [0.2, 0.25) is 0 Å². The van der Waals surface area contributed by atoms with Crippen LogP contribution in [0.15, 0.2) is 0 Å². The van der Waals surface area contributed by atoms with Crippen molar-refractivity contribution < 1.29 is 9.84 Å². The lowest BCUT2D eigenvalue weighted by atomic mass is 9.59. The number of ether oxygens (including phenoxy) is 1. The van der Waals surface area contributed by atoms with Crippen molar-refractivity contribution in [3.8, 4) is 0 Å². The predicted octanol–water partition coefficient (Wildman–Crippen LogP) is 0.611. The minimum Gasteiger partial charge on any atom is -0.365 e. The number of hydrogen-bond acceptors (Lipinski definition) is 3. The van der Waals surface area contributed by atoms with Crippen molar-refractivity contribution in [2.75, 3.05) is 0 Å². The Bertz CT molecular complexity index is 217. The SMILES string of the molecule is CC12C[C@@H]3CC(O)(C[C@H](C1)C3N)O2. The maximum Gasteiger partial charge on any atom is 0.166 e. The van der Waals surface area contributed by atoms with E-state index in [1.807, 2.05) is 0 Å². The Morgan fingerprint density at radius 3 is 2.23 bits per heavy atom. The minimum atomic E-state index is -0.837. The lowest BCUT2D eigenvalue weighted by Crippen LogP contribution is -2.66. The molecular formula is C10H17NO2. The van der Waals surface area contributed by atoms with Gasteiger partial charge in [0.15, 0.2) is 5.79 Å². The highest BCUT2D eigenvalue weighted by molar-refractivity contribution is 5.07. The Kier molecular flexibility index (Phi) is 1.33. The van der Waals surface area contributed by atoms with Crippen molar-refractivity contribution in [2.24, 2.45) is 17.6 Å². The number of nitrogens with two attached hydrogens (primary N) is 1. The summed E-state index contributed by atoms with van der Waals surface area (Å²) in [6.07, 6.45) is 3.57. The van der Waals surface area contributed by atoms with Crippen molar-refractivity contribution in [1.29, 1.82) is 0 Å². The lowest BCUT2D eigenvalue weighted by Gasteiger charge is -2.61. The first-order chi connectivity index (χ1) is 6.00. The van der Waals surface area contributed by atoms with E-state index in [0.717, 1.165) is 25.7 Å². The molecule has 5 atom stereocenters. The van der Waals surface area contributed by atoms with Gasteiger partial charge < -0.3 is 15.6 Å². The van der Waals surface area contributed by atoms with E-state index in [9.17, 15) is 5.11 Å².